The summed E-state index contributed by atoms with van der Waals surface area (Å²) in [4.78, 5) is 13.7. The summed E-state index contributed by atoms with van der Waals surface area (Å²) in [6, 6.07) is 10.5. The summed E-state index contributed by atoms with van der Waals surface area (Å²) in [6.45, 7) is 8.65. The summed E-state index contributed by atoms with van der Waals surface area (Å²) in [7, 11) is 0. The number of benzene rings is 1. The molecule has 1 aliphatic heterocycles. The zero-order chi connectivity index (χ0) is 13.2. The Morgan fingerprint density at radius 2 is 2.00 bits per heavy atom. The third-order valence-corrected chi connectivity index (χ3v) is 3.88. The molecule has 1 heterocycles. The fourth-order valence-electron chi connectivity index (χ4n) is 3.27. The van der Waals surface area contributed by atoms with Crippen LogP contribution in [0.3, 0.4) is 0 Å². The molecule has 1 aliphatic rings. The van der Waals surface area contributed by atoms with Crippen molar-refractivity contribution in [2.75, 3.05) is 6.54 Å². The average Bonchev–Trinajstić information content (AvgIpc) is 2.28. The summed E-state index contributed by atoms with van der Waals surface area (Å²) in [6.07, 6.45) is 2.25. The number of piperidine rings is 1. The molecule has 0 aliphatic carbocycles. The van der Waals surface area contributed by atoms with E-state index in [0.29, 0.717) is 11.3 Å². The van der Waals surface area contributed by atoms with Crippen molar-refractivity contribution in [2.24, 2.45) is 11.3 Å². The quantitative estimate of drug-likeness (QED) is 0.763. The van der Waals surface area contributed by atoms with E-state index in [4.69, 9.17) is 0 Å². The van der Waals surface area contributed by atoms with Crippen molar-refractivity contribution in [2.45, 2.75) is 39.8 Å². The fourth-order valence-corrected chi connectivity index (χ4v) is 3.27. The van der Waals surface area contributed by atoms with E-state index in [1.165, 1.54) is 5.56 Å². The van der Waals surface area contributed by atoms with Crippen LogP contribution in [0.25, 0.3) is 0 Å². The van der Waals surface area contributed by atoms with Gasteiger partial charge in [-0.1, -0.05) is 51.1 Å². The average molecular weight is 245 g/mol. The summed E-state index contributed by atoms with van der Waals surface area (Å²) >= 11 is 0. The minimum atomic E-state index is 0.0678. The SMILES string of the molecule is CC1CC(C)(C)CN(Cc2ccccc2)C1C=O. The van der Waals surface area contributed by atoms with Crippen molar-refractivity contribution in [1.29, 1.82) is 0 Å². The molecule has 2 atom stereocenters. The van der Waals surface area contributed by atoms with Crippen LogP contribution in [0.15, 0.2) is 30.3 Å². The number of rotatable bonds is 3. The first-order valence-electron chi connectivity index (χ1n) is 6.75. The molecular weight excluding hydrogens is 222 g/mol. The lowest BCUT2D eigenvalue weighted by atomic mass is 9.75. The van der Waals surface area contributed by atoms with Crippen LogP contribution >= 0.6 is 0 Å². The van der Waals surface area contributed by atoms with Crippen LogP contribution in [-0.2, 0) is 11.3 Å². The van der Waals surface area contributed by atoms with E-state index < -0.39 is 0 Å². The molecule has 0 saturated carbocycles. The van der Waals surface area contributed by atoms with E-state index in [-0.39, 0.29) is 6.04 Å². The van der Waals surface area contributed by atoms with Gasteiger partial charge < -0.3 is 4.79 Å². The molecule has 0 radical (unpaired) electrons. The highest BCUT2D eigenvalue weighted by molar-refractivity contribution is 5.58. The predicted molar refractivity (Wildman–Crippen MR) is 74.3 cm³/mol. The van der Waals surface area contributed by atoms with Crippen molar-refractivity contribution < 1.29 is 4.79 Å². The van der Waals surface area contributed by atoms with Gasteiger partial charge in [0.25, 0.3) is 0 Å². The van der Waals surface area contributed by atoms with Crippen LogP contribution in [0, 0.1) is 11.3 Å². The van der Waals surface area contributed by atoms with Gasteiger partial charge in [0, 0.05) is 13.1 Å². The van der Waals surface area contributed by atoms with Crippen LogP contribution in [0.2, 0.25) is 0 Å². The first kappa shape index (κ1) is 13.3. The molecule has 1 fully saturated rings. The second-order valence-electron chi connectivity index (χ2n) is 6.36. The Morgan fingerprint density at radius 3 is 2.61 bits per heavy atom. The van der Waals surface area contributed by atoms with E-state index in [0.717, 1.165) is 25.8 Å². The van der Waals surface area contributed by atoms with Crippen molar-refractivity contribution in [3.63, 3.8) is 0 Å². The number of likely N-dealkylation sites (tertiary alicyclic amines) is 1. The second-order valence-corrected chi connectivity index (χ2v) is 6.36. The van der Waals surface area contributed by atoms with Crippen molar-refractivity contribution in [1.82, 2.24) is 4.90 Å². The normalized spacial score (nSPS) is 27.9. The smallest absolute Gasteiger partial charge is 0.137 e. The molecule has 18 heavy (non-hydrogen) atoms. The van der Waals surface area contributed by atoms with Crippen LogP contribution in [0.1, 0.15) is 32.8 Å². The van der Waals surface area contributed by atoms with Crippen LogP contribution in [0.5, 0.6) is 0 Å². The molecule has 98 valence electrons. The van der Waals surface area contributed by atoms with E-state index in [2.05, 4.69) is 49.9 Å². The van der Waals surface area contributed by atoms with Gasteiger partial charge in [-0.15, -0.1) is 0 Å². The fraction of sp³-hybridized carbons (Fsp3) is 0.562. The predicted octanol–water partition coefficient (Wildman–Crippen LogP) is 3.12. The molecule has 0 aromatic heterocycles. The first-order valence-corrected chi connectivity index (χ1v) is 6.75. The zero-order valence-corrected chi connectivity index (χ0v) is 11.6. The van der Waals surface area contributed by atoms with Gasteiger partial charge in [-0.25, -0.2) is 0 Å². The largest absolute Gasteiger partial charge is 0.302 e. The maximum atomic E-state index is 11.3. The highest BCUT2D eigenvalue weighted by Crippen LogP contribution is 2.35. The van der Waals surface area contributed by atoms with Gasteiger partial charge in [-0.3, -0.25) is 4.90 Å². The maximum absolute atomic E-state index is 11.3. The Morgan fingerprint density at radius 1 is 1.33 bits per heavy atom. The monoisotopic (exact) mass is 245 g/mol. The summed E-state index contributed by atoms with van der Waals surface area (Å²) in [5.74, 6) is 0.440. The van der Waals surface area contributed by atoms with Gasteiger partial charge >= 0.3 is 0 Å². The lowest BCUT2D eigenvalue weighted by Gasteiger charge is -2.45. The van der Waals surface area contributed by atoms with Gasteiger partial charge in [0.1, 0.15) is 6.29 Å². The van der Waals surface area contributed by atoms with Crippen LogP contribution in [-0.4, -0.2) is 23.8 Å². The minimum absolute atomic E-state index is 0.0678. The molecule has 2 unspecified atom stereocenters. The molecule has 0 spiro atoms. The summed E-state index contributed by atoms with van der Waals surface area (Å²) in [5, 5.41) is 0. The first-order chi connectivity index (χ1) is 8.52. The third kappa shape index (κ3) is 2.99. The molecule has 2 heteroatoms. The van der Waals surface area contributed by atoms with Gasteiger partial charge in [-0.2, -0.15) is 0 Å². The Balaban J connectivity index is 2.15. The Bertz CT molecular complexity index is 399. The maximum Gasteiger partial charge on any atom is 0.137 e. The van der Waals surface area contributed by atoms with E-state index >= 15 is 0 Å². The lowest BCUT2D eigenvalue weighted by Crippen LogP contribution is -2.51. The molecule has 2 rings (SSSR count). The van der Waals surface area contributed by atoms with Crippen molar-refractivity contribution >= 4 is 6.29 Å². The Hall–Kier alpha value is -1.15. The molecule has 0 bridgehead atoms. The summed E-state index contributed by atoms with van der Waals surface area (Å²) < 4.78 is 0. The second kappa shape index (κ2) is 5.23. The number of carbonyl (C=O) groups excluding carboxylic acids is 1. The number of hydrogen-bond acceptors (Lipinski definition) is 2. The van der Waals surface area contributed by atoms with Gasteiger partial charge in [0.2, 0.25) is 0 Å². The number of hydrogen-bond donors (Lipinski definition) is 0. The minimum Gasteiger partial charge on any atom is -0.302 e. The van der Waals surface area contributed by atoms with Crippen LogP contribution < -0.4 is 0 Å². The summed E-state index contributed by atoms with van der Waals surface area (Å²) in [5.41, 5.74) is 1.59. The molecule has 2 nitrogen and oxygen atoms in total. The van der Waals surface area contributed by atoms with Crippen LogP contribution in [0.4, 0.5) is 0 Å². The topological polar surface area (TPSA) is 20.3 Å². The molecule has 1 aromatic carbocycles. The number of carbonyl (C=O) groups is 1. The Labute approximate surface area is 110 Å². The van der Waals surface area contributed by atoms with Gasteiger partial charge in [0.15, 0.2) is 0 Å². The number of nitrogens with zero attached hydrogens (tertiary/aromatic N) is 1. The number of aldehydes is 1. The third-order valence-electron chi connectivity index (χ3n) is 3.88. The molecule has 0 amide bonds. The highest BCUT2D eigenvalue weighted by Gasteiger charge is 2.37. The van der Waals surface area contributed by atoms with E-state index in [1.807, 2.05) is 6.07 Å². The standard InChI is InChI=1S/C16H23NO/c1-13-9-16(2,3)12-17(15(13)11-18)10-14-7-5-4-6-8-14/h4-8,11,13,15H,9-10,12H2,1-3H3. The van der Waals surface area contributed by atoms with Crippen molar-refractivity contribution in [3.05, 3.63) is 35.9 Å². The van der Waals surface area contributed by atoms with Gasteiger partial charge in [-0.05, 0) is 23.3 Å². The molecule has 1 saturated heterocycles. The van der Waals surface area contributed by atoms with E-state index in [9.17, 15) is 4.79 Å². The van der Waals surface area contributed by atoms with E-state index in [1.54, 1.807) is 0 Å². The Kier molecular flexibility index (Phi) is 3.86. The van der Waals surface area contributed by atoms with Gasteiger partial charge in [0.05, 0.1) is 6.04 Å². The molecular formula is C16H23NO. The lowest BCUT2D eigenvalue weighted by molar-refractivity contribution is -0.117. The molecule has 1 aromatic rings. The zero-order valence-electron chi connectivity index (χ0n) is 11.6. The highest BCUT2D eigenvalue weighted by atomic mass is 16.1. The molecule has 0 N–H and O–H groups in total. The van der Waals surface area contributed by atoms with Crippen molar-refractivity contribution in [3.8, 4) is 0 Å².